The Morgan fingerprint density at radius 2 is 2.17 bits per heavy atom. The zero-order valence-electron chi connectivity index (χ0n) is 9.35. The lowest BCUT2D eigenvalue weighted by Gasteiger charge is -2.03. The van der Waals surface area contributed by atoms with Crippen molar-refractivity contribution in [2.24, 2.45) is 7.05 Å². The van der Waals surface area contributed by atoms with Crippen LogP contribution in [0.15, 0.2) is 24.8 Å². The van der Waals surface area contributed by atoms with Crippen molar-refractivity contribution < 1.29 is 18.0 Å². The quantitative estimate of drug-likeness (QED) is 0.782. The molecule has 8 heteroatoms. The molecule has 0 fully saturated rings. The third kappa shape index (κ3) is 2.41. The lowest BCUT2D eigenvalue weighted by atomic mass is 10.2. The molecule has 96 valence electrons. The molecule has 0 amide bonds. The van der Waals surface area contributed by atoms with Crippen molar-refractivity contribution in [3.63, 3.8) is 0 Å². The predicted octanol–water partition coefficient (Wildman–Crippen LogP) is 1.41. The van der Waals surface area contributed by atoms with E-state index in [0.717, 1.165) is 12.3 Å². The van der Waals surface area contributed by atoms with E-state index in [-0.39, 0.29) is 12.1 Å². The van der Waals surface area contributed by atoms with Gasteiger partial charge in [0, 0.05) is 25.0 Å². The van der Waals surface area contributed by atoms with Crippen LogP contribution < -0.4 is 0 Å². The van der Waals surface area contributed by atoms with Crippen molar-refractivity contribution in [1.29, 1.82) is 0 Å². The van der Waals surface area contributed by atoms with E-state index in [9.17, 15) is 18.0 Å². The number of hydrogen-bond acceptors (Lipinski definition) is 3. The molecule has 0 radical (unpaired) electrons. The first-order valence-electron chi connectivity index (χ1n) is 4.98. The van der Waals surface area contributed by atoms with Crippen molar-refractivity contribution in [1.82, 2.24) is 19.3 Å². The highest BCUT2D eigenvalue weighted by Crippen LogP contribution is 2.21. The number of halogens is 3. The molecule has 0 aliphatic heterocycles. The fourth-order valence-corrected chi connectivity index (χ4v) is 1.45. The van der Waals surface area contributed by atoms with Gasteiger partial charge in [0.05, 0.1) is 6.54 Å². The van der Waals surface area contributed by atoms with Crippen LogP contribution in [-0.2, 0) is 13.6 Å². The smallest absolute Gasteiger partial charge is 0.346 e. The predicted molar refractivity (Wildman–Crippen MR) is 54.9 cm³/mol. The highest BCUT2D eigenvalue weighted by atomic mass is 19.4. The van der Waals surface area contributed by atoms with E-state index in [1.807, 2.05) is 0 Å². The minimum atomic E-state index is -4.85. The molecule has 0 spiro atoms. The molecule has 18 heavy (non-hydrogen) atoms. The number of hydrogen-bond donors (Lipinski definition) is 0. The topological polar surface area (TPSA) is 52.7 Å². The lowest BCUT2D eigenvalue weighted by Crippen LogP contribution is -2.22. The number of Topliss-reactive ketones (excluding diaryl/α,β-unsaturated/α-hetero) is 1. The molecule has 0 saturated heterocycles. The summed E-state index contributed by atoms with van der Waals surface area (Å²) in [5.41, 5.74) is -0.385. The molecular weight excluding hydrogens is 249 g/mol. The van der Waals surface area contributed by atoms with Crippen molar-refractivity contribution in [3.8, 4) is 0 Å². The van der Waals surface area contributed by atoms with Crippen LogP contribution in [0.25, 0.3) is 0 Å². The Bertz CT molecular complexity index is 570. The lowest BCUT2D eigenvalue weighted by molar-refractivity contribution is -0.0885. The molecule has 5 nitrogen and oxygen atoms in total. The second kappa shape index (κ2) is 4.28. The average molecular weight is 258 g/mol. The van der Waals surface area contributed by atoms with Gasteiger partial charge >= 0.3 is 6.18 Å². The minimum Gasteiger partial charge on any atom is -0.346 e. The van der Waals surface area contributed by atoms with E-state index < -0.39 is 12.0 Å². The van der Waals surface area contributed by atoms with Crippen LogP contribution in [0.5, 0.6) is 0 Å². The maximum Gasteiger partial charge on any atom is 0.454 e. The van der Waals surface area contributed by atoms with Crippen molar-refractivity contribution >= 4 is 5.78 Å². The third-order valence-electron chi connectivity index (χ3n) is 2.40. The van der Waals surface area contributed by atoms with Crippen molar-refractivity contribution in [2.75, 3.05) is 0 Å². The van der Waals surface area contributed by atoms with Crippen LogP contribution in [-0.4, -0.2) is 31.3 Å². The Hall–Kier alpha value is -2.12. The molecule has 2 aromatic heterocycles. The molecule has 2 rings (SSSR count). The Kier molecular flexibility index (Phi) is 2.93. The van der Waals surface area contributed by atoms with Gasteiger partial charge in [-0.25, -0.2) is 0 Å². The summed E-state index contributed by atoms with van der Waals surface area (Å²) in [6.07, 6.45) is -0.824. The zero-order chi connectivity index (χ0) is 13.3. The van der Waals surface area contributed by atoms with Gasteiger partial charge in [0.1, 0.15) is 6.33 Å². The Morgan fingerprint density at radius 3 is 2.72 bits per heavy atom. The van der Waals surface area contributed by atoms with Gasteiger partial charge in [0.25, 0.3) is 5.78 Å². The second-order valence-electron chi connectivity index (χ2n) is 3.76. The maximum atomic E-state index is 12.2. The van der Waals surface area contributed by atoms with Crippen LogP contribution in [0.2, 0.25) is 0 Å². The molecule has 0 aromatic carbocycles. The first-order chi connectivity index (χ1) is 8.38. The molecule has 0 bridgehead atoms. The molecule has 0 atom stereocenters. The molecule has 2 heterocycles. The van der Waals surface area contributed by atoms with Gasteiger partial charge in [-0.15, -0.1) is 10.2 Å². The number of alkyl halides is 3. The summed E-state index contributed by atoms with van der Waals surface area (Å²) >= 11 is 0. The maximum absolute atomic E-state index is 12.2. The normalized spacial score (nSPS) is 11.8. The number of carbonyl (C=O) groups excluding carboxylic acids is 1. The molecule has 0 saturated carbocycles. The summed E-state index contributed by atoms with van der Waals surface area (Å²) in [4.78, 5) is 11.0. The van der Waals surface area contributed by atoms with Gasteiger partial charge in [0.15, 0.2) is 5.82 Å². The van der Waals surface area contributed by atoms with Crippen molar-refractivity contribution in [3.05, 3.63) is 36.2 Å². The molecule has 0 aliphatic rings. The molecule has 0 N–H and O–H groups in total. The van der Waals surface area contributed by atoms with Gasteiger partial charge in [-0.1, -0.05) is 0 Å². The monoisotopic (exact) mass is 258 g/mol. The number of carbonyl (C=O) groups is 1. The Balaban J connectivity index is 2.17. The zero-order valence-corrected chi connectivity index (χ0v) is 9.35. The molecule has 0 unspecified atom stereocenters. The van der Waals surface area contributed by atoms with Gasteiger partial charge < -0.3 is 9.13 Å². The first kappa shape index (κ1) is 12.3. The van der Waals surface area contributed by atoms with E-state index in [2.05, 4.69) is 10.2 Å². The van der Waals surface area contributed by atoms with Crippen LogP contribution in [0.1, 0.15) is 16.2 Å². The van der Waals surface area contributed by atoms with E-state index in [1.54, 1.807) is 11.6 Å². The standard InChI is InChI=1S/C10H9F3N4O/c1-16-6-14-15-8(16)5-17-3-2-7(4-17)9(18)10(11,12)13/h2-4,6H,5H2,1H3. The highest BCUT2D eigenvalue weighted by Gasteiger charge is 2.39. The number of rotatable bonds is 3. The summed E-state index contributed by atoms with van der Waals surface area (Å²) in [7, 11) is 1.72. The summed E-state index contributed by atoms with van der Waals surface area (Å²) < 4.78 is 39.7. The van der Waals surface area contributed by atoms with Crippen LogP contribution in [0, 0.1) is 0 Å². The molecular formula is C10H9F3N4O. The molecule has 0 aliphatic carbocycles. The minimum absolute atomic E-state index is 0.252. The van der Waals surface area contributed by atoms with Crippen LogP contribution >= 0.6 is 0 Å². The third-order valence-corrected chi connectivity index (χ3v) is 2.40. The van der Waals surface area contributed by atoms with Crippen molar-refractivity contribution in [2.45, 2.75) is 12.7 Å². The fraction of sp³-hybridized carbons (Fsp3) is 0.300. The molecule has 2 aromatic rings. The van der Waals surface area contributed by atoms with E-state index in [4.69, 9.17) is 0 Å². The Labute approximate surface area is 99.9 Å². The largest absolute Gasteiger partial charge is 0.454 e. The van der Waals surface area contributed by atoms with E-state index in [1.165, 1.54) is 17.1 Å². The van der Waals surface area contributed by atoms with Gasteiger partial charge in [-0.2, -0.15) is 13.2 Å². The number of aryl methyl sites for hydroxylation is 1. The van der Waals surface area contributed by atoms with Gasteiger partial charge in [-0.05, 0) is 6.07 Å². The summed E-state index contributed by atoms with van der Waals surface area (Å²) in [6, 6.07) is 1.13. The Morgan fingerprint density at radius 1 is 1.44 bits per heavy atom. The van der Waals surface area contributed by atoms with Crippen LogP contribution in [0.3, 0.4) is 0 Å². The number of aromatic nitrogens is 4. The highest BCUT2D eigenvalue weighted by molar-refractivity contribution is 6.00. The number of nitrogens with zero attached hydrogens (tertiary/aromatic N) is 4. The summed E-state index contributed by atoms with van der Waals surface area (Å²) in [5, 5.41) is 7.45. The van der Waals surface area contributed by atoms with E-state index >= 15 is 0 Å². The first-order valence-corrected chi connectivity index (χ1v) is 4.98. The second-order valence-corrected chi connectivity index (χ2v) is 3.76. The average Bonchev–Trinajstić information content (AvgIpc) is 2.87. The summed E-state index contributed by atoms with van der Waals surface area (Å²) in [5.74, 6) is -1.27. The van der Waals surface area contributed by atoms with Gasteiger partial charge in [-0.3, -0.25) is 4.79 Å². The fourth-order valence-electron chi connectivity index (χ4n) is 1.45. The van der Waals surface area contributed by atoms with Gasteiger partial charge in [0.2, 0.25) is 0 Å². The van der Waals surface area contributed by atoms with E-state index in [0.29, 0.717) is 5.82 Å². The summed E-state index contributed by atoms with van der Waals surface area (Å²) in [6.45, 7) is 0.252. The van der Waals surface area contributed by atoms with Crippen LogP contribution in [0.4, 0.5) is 13.2 Å². The SMILES string of the molecule is Cn1cnnc1Cn1ccc(C(=O)C(F)(F)F)c1. The number of ketones is 1.